The van der Waals surface area contributed by atoms with E-state index in [9.17, 15) is 9.59 Å². The van der Waals surface area contributed by atoms with E-state index in [0.29, 0.717) is 13.1 Å². The number of carbonyl (C=O) groups is 2. The lowest BCUT2D eigenvalue weighted by Gasteiger charge is -2.26. The number of carbonyl (C=O) groups excluding carboxylic acids is 1. The number of carboxylic acid groups (broad SMARTS) is 1. The summed E-state index contributed by atoms with van der Waals surface area (Å²) in [5.74, 6) is -1.24. The minimum absolute atomic E-state index is 0.0791. The zero-order valence-corrected chi connectivity index (χ0v) is 16.6. The van der Waals surface area contributed by atoms with Gasteiger partial charge in [-0.3, -0.25) is 14.2 Å². The summed E-state index contributed by atoms with van der Waals surface area (Å²) < 4.78 is 3.27. The molecular weight excluding hydrogens is 370 g/mol. The summed E-state index contributed by atoms with van der Waals surface area (Å²) >= 11 is 0. The molecule has 0 aliphatic heterocycles. The summed E-state index contributed by atoms with van der Waals surface area (Å²) in [7, 11) is 0. The summed E-state index contributed by atoms with van der Waals surface area (Å²) in [6.45, 7) is 5.42. The minimum Gasteiger partial charge on any atom is -0.476 e. The predicted molar refractivity (Wildman–Crippen MR) is 107 cm³/mol. The molecule has 0 aliphatic carbocycles. The monoisotopic (exact) mass is 395 g/mol. The van der Waals surface area contributed by atoms with Gasteiger partial charge in [0.25, 0.3) is 0 Å². The van der Waals surface area contributed by atoms with Crippen LogP contribution in [-0.2, 0) is 24.3 Å². The summed E-state index contributed by atoms with van der Waals surface area (Å²) in [5.41, 5.74) is 2.02. The molecule has 0 saturated heterocycles. The Morgan fingerprint density at radius 2 is 1.93 bits per heavy atom. The third-order valence-corrected chi connectivity index (χ3v) is 4.86. The van der Waals surface area contributed by atoms with Crippen LogP contribution in [0.15, 0.2) is 54.9 Å². The number of carboxylic acids is 1. The van der Waals surface area contributed by atoms with Gasteiger partial charge in [-0.1, -0.05) is 30.3 Å². The number of nitrogens with zero attached hydrogens (tertiary/aromatic N) is 5. The molecule has 0 fully saturated rings. The molecule has 1 unspecified atom stereocenters. The smallest absolute Gasteiger partial charge is 0.356 e. The van der Waals surface area contributed by atoms with Crippen LogP contribution in [0.5, 0.6) is 0 Å². The molecule has 0 spiro atoms. The lowest BCUT2D eigenvalue weighted by Crippen LogP contribution is -2.38. The Labute approximate surface area is 169 Å². The second-order valence-electron chi connectivity index (χ2n) is 6.80. The molecule has 0 aliphatic rings. The molecule has 3 aromatic rings. The molecular formula is C21H25N5O3. The number of amides is 1. The maximum absolute atomic E-state index is 13.3. The van der Waals surface area contributed by atoms with Crippen molar-refractivity contribution in [1.82, 2.24) is 24.5 Å². The third kappa shape index (κ3) is 4.90. The molecule has 152 valence electrons. The average Bonchev–Trinajstić information content (AvgIpc) is 3.40. The molecule has 0 radical (unpaired) electrons. The van der Waals surface area contributed by atoms with Crippen LogP contribution < -0.4 is 0 Å². The van der Waals surface area contributed by atoms with Crippen LogP contribution in [0, 0.1) is 0 Å². The number of rotatable bonds is 9. The van der Waals surface area contributed by atoms with Crippen LogP contribution in [0.2, 0.25) is 0 Å². The van der Waals surface area contributed by atoms with Crippen molar-refractivity contribution in [3.05, 3.63) is 71.8 Å². The number of hydrogen-bond acceptors (Lipinski definition) is 4. The first-order chi connectivity index (χ1) is 14.0. The number of aryl methyl sites for hydroxylation is 1. The fraction of sp³-hybridized carbons (Fsp3) is 0.333. The maximum atomic E-state index is 13.3. The van der Waals surface area contributed by atoms with E-state index < -0.39 is 12.0 Å². The summed E-state index contributed by atoms with van der Waals surface area (Å²) in [6.07, 6.45) is 3.98. The maximum Gasteiger partial charge on any atom is 0.356 e. The van der Waals surface area contributed by atoms with E-state index in [1.807, 2.05) is 48.0 Å². The van der Waals surface area contributed by atoms with Gasteiger partial charge in [0.2, 0.25) is 5.91 Å². The predicted octanol–water partition coefficient (Wildman–Crippen LogP) is 2.63. The van der Waals surface area contributed by atoms with E-state index in [0.717, 1.165) is 24.2 Å². The van der Waals surface area contributed by atoms with Gasteiger partial charge < -0.3 is 10.0 Å². The Morgan fingerprint density at radius 1 is 1.17 bits per heavy atom. The quantitative estimate of drug-likeness (QED) is 0.601. The van der Waals surface area contributed by atoms with Gasteiger partial charge in [-0.15, -0.1) is 0 Å². The summed E-state index contributed by atoms with van der Waals surface area (Å²) in [4.78, 5) is 26.1. The lowest BCUT2D eigenvalue weighted by molar-refractivity contribution is -0.135. The van der Waals surface area contributed by atoms with Crippen molar-refractivity contribution in [3.63, 3.8) is 0 Å². The van der Waals surface area contributed by atoms with Gasteiger partial charge in [0.15, 0.2) is 5.69 Å². The number of hydrogen-bond donors (Lipinski definition) is 1. The highest BCUT2D eigenvalue weighted by molar-refractivity contribution is 5.85. The largest absolute Gasteiger partial charge is 0.476 e. The van der Waals surface area contributed by atoms with E-state index in [-0.39, 0.29) is 11.6 Å². The van der Waals surface area contributed by atoms with Crippen LogP contribution >= 0.6 is 0 Å². The van der Waals surface area contributed by atoms with Crippen molar-refractivity contribution in [2.75, 3.05) is 6.54 Å². The normalized spacial score (nSPS) is 11.9. The Bertz CT molecular complexity index is 964. The van der Waals surface area contributed by atoms with Crippen LogP contribution in [0.4, 0.5) is 0 Å². The van der Waals surface area contributed by atoms with E-state index in [2.05, 4.69) is 10.2 Å². The average molecular weight is 395 g/mol. The molecule has 1 aromatic carbocycles. The molecule has 1 amide bonds. The van der Waals surface area contributed by atoms with Crippen molar-refractivity contribution < 1.29 is 14.7 Å². The number of benzene rings is 1. The lowest BCUT2D eigenvalue weighted by atomic mass is 10.1. The Hall–Kier alpha value is -3.42. The van der Waals surface area contributed by atoms with E-state index in [4.69, 9.17) is 5.11 Å². The van der Waals surface area contributed by atoms with Gasteiger partial charge in [0.1, 0.15) is 6.04 Å². The van der Waals surface area contributed by atoms with Gasteiger partial charge in [-0.2, -0.15) is 10.2 Å². The fourth-order valence-corrected chi connectivity index (χ4v) is 3.20. The molecule has 2 aromatic heterocycles. The van der Waals surface area contributed by atoms with Crippen molar-refractivity contribution in [3.8, 4) is 0 Å². The fourth-order valence-electron chi connectivity index (χ4n) is 3.20. The third-order valence-electron chi connectivity index (χ3n) is 4.86. The molecule has 8 heteroatoms. The van der Waals surface area contributed by atoms with E-state index in [1.165, 1.54) is 16.9 Å². The Morgan fingerprint density at radius 3 is 2.59 bits per heavy atom. The van der Waals surface area contributed by atoms with Crippen LogP contribution in [0.3, 0.4) is 0 Å². The molecule has 8 nitrogen and oxygen atoms in total. The highest BCUT2D eigenvalue weighted by Crippen LogP contribution is 2.15. The topological polar surface area (TPSA) is 93.2 Å². The van der Waals surface area contributed by atoms with E-state index >= 15 is 0 Å². The number of aromatic nitrogens is 4. The minimum atomic E-state index is -1.11. The van der Waals surface area contributed by atoms with Crippen molar-refractivity contribution in [2.24, 2.45) is 0 Å². The number of aromatic carboxylic acids is 1. The van der Waals surface area contributed by atoms with Crippen LogP contribution in [0.1, 0.15) is 41.6 Å². The highest BCUT2D eigenvalue weighted by atomic mass is 16.4. The first-order valence-electron chi connectivity index (χ1n) is 9.61. The van der Waals surface area contributed by atoms with Crippen LogP contribution in [0.25, 0.3) is 0 Å². The molecule has 3 rings (SSSR count). The van der Waals surface area contributed by atoms with Gasteiger partial charge in [0, 0.05) is 25.5 Å². The SMILES string of the molecule is CCn1nccc1CN(CCc1ccccc1)C(=O)C(C)n1ccc(C(=O)O)n1. The summed E-state index contributed by atoms with van der Waals surface area (Å²) in [6, 6.07) is 12.7. The molecule has 29 heavy (non-hydrogen) atoms. The second-order valence-corrected chi connectivity index (χ2v) is 6.80. The molecule has 2 heterocycles. The van der Waals surface area contributed by atoms with Crippen molar-refractivity contribution >= 4 is 11.9 Å². The highest BCUT2D eigenvalue weighted by Gasteiger charge is 2.24. The Balaban J connectivity index is 1.79. The van der Waals surface area contributed by atoms with Crippen LogP contribution in [-0.4, -0.2) is 48.0 Å². The van der Waals surface area contributed by atoms with Gasteiger partial charge >= 0.3 is 5.97 Å². The molecule has 0 saturated carbocycles. The zero-order chi connectivity index (χ0) is 20.8. The summed E-state index contributed by atoms with van der Waals surface area (Å²) in [5, 5.41) is 17.4. The Kier molecular flexibility index (Phi) is 6.43. The van der Waals surface area contributed by atoms with Gasteiger partial charge in [-0.05, 0) is 38.0 Å². The molecule has 1 N–H and O–H groups in total. The zero-order valence-electron chi connectivity index (χ0n) is 16.6. The van der Waals surface area contributed by atoms with E-state index in [1.54, 1.807) is 18.0 Å². The standard InChI is InChI=1S/C21H25N5O3/c1-3-25-18(9-12-22-25)15-24(13-10-17-7-5-4-6-8-17)20(27)16(2)26-14-11-19(23-26)21(28)29/h4-9,11-12,14,16H,3,10,13,15H2,1-2H3,(H,28,29). The first-order valence-corrected chi connectivity index (χ1v) is 9.61. The van der Waals surface area contributed by atoms with Gasteiger partial charge in [0.05, 0.1) is 12.2 Å². The second kappa shape index (κ2) is 9.18. The first kappa shape index (κ1) is 20.3. The van der Waals surface area contributed by atoms with Gasteiger partial charge in [-0.25, -0.2) is 4.79 Å². The van der Waals surface area contributed by atoms with Crippen molar-refractivity contribution in [2.45, 2.75) is 39.4 Å². The molecule has 1 atom stereocenters. The molecule has 0 bridgehead atoms. The van der Waals surface area contributed by atoms with Crippen molar-refractivity contribution in [1.29, 1.82) is 0 Å².